The summed E-state index contributed by atoms with van der Waals surface area (Å²) in [7, 11) is 0. The molecule has 1 aliphatic rings. The monoisotopic (exact) mass is 256 g/mol. The lowest BCUT2D eigenvalue weighted by molar-refractivity contribution is 0.171. The lowest BCUT2D eigenvalue weighted by Crippen LogP contribution is -2.15. The summed E-state index contributed by atoms with van der Waals surface area (Å²) in [6.07, 6.45) is 1.49. The summed E-state index contributed by atoms with van der Waals surface area (Å²) in [5, 5.41) is 9.13. The topological polar surface area (TPSA) is 81.4 Å². The summed E-state index contributed by atoms with van der Waals surface area (Å²) < 4.78 is 16.2. The highest BCUT2D eigenvalue weighted by Gasteiger charge is 2.19. The molecule has 2 N–H and O–H groups in total. The van der Waals surface area contributed by atoms with Crippen molar-refractivity contribution in [2.75, 3.05) is 18.9 Å². The first-order valence-electron chi connectivity index (χ1n) is 5.88. The predicted octanol–water partition coefficient (Wildman–Crippen LogP) is 2.48. The second kappa shape index (κ2) is 4.25. The van der Waals surface area contributed by atoms with Gasteiger partial charge >= 0.3 is 0 Å². The minimum atomic E-state index is 0.131. The predicted molar refractivity (Wildman–Crippen MR) is 69.0 cm³/mol. The van der Waals surface area contributed by atoms with Crippen LogP contribution in [0.4, 0.5) is 5.88 Å². The van der Waals surface area contributed by atoms with Gasteiger partial charge < -0.3 is 19.6 Å². The Morgan fingerprint density at radius 3 is 2.53 bits per heavy atom. The molecular formula is C14H12N2O3. The van der Waals surface area contributed by atoms with Crippen molar-refractivity contribution in [2.45, 2.75) is 6.92 Å². The Balaban J connectivity index is 2.17. The van der Waals surface area contributed by atoms with E-state index < -0.39 is 0 Å². The maximum atomic E-state index is 9.13. The molecule has 0 aliphatic carbocycles. The second-order valence-corrected chi connectivity index (χ2v) is 4.31. The van der Waals surface area contributed by atoms with E-state index in [0.717, 1.165) is 16.9 Å². The molecule has 1 aromatic carbocycles. The van der Waals surface area contributed by atoms with Crippen LogP contribution in [0.25, 0.3) is 11.1 Å². The van der Waals surface area contributed by atoms with E-state index >= 15 is 0 Å². The van der Waals surface area contributed by atoms with Crippen LogP contribution in [0.1, 0.15) is 11.1 Å². The van der Waals surface area contributed by atoms with E-state index in [1.54, 1.807) is 0 Å². The zero-order valence-corrected chi connectivity index (χ0v) is 10.4. The van der Waals surface area contributed by atoms with Crippen LogP contribution in [0, 0.1) is 18.3 Å². The molecule has 5 nitrogen and oxygen atoms in total. The van der Waals surface area contributed by atoms with E-state index in [0.29, 0.717) is 30.1 Å². The molecule has 0 unspecified atom stereocenters. The van der Waals surface area contributed by atoms with Crippen LogP contribution in [-0.2, 0) is 0 Å². The lowest BCUT2D eigenvalue weighted by atomic mass is 9.99. The molecule has 19 heavy (non-hydrogen) atoms. The molecule has 0 atom stereocenters. The number of benzene rings is 1. The van der Waals surface area contributed by atoms with Crippen LogP contribution in [0.5, 0.6) is 11.5 Å². The highest BCUT2D eigenvalue weighted by atomic mass is 16.6. The van der Waals surface area contributed by atoms with Gasteiger partial charge in [0.1, 0.15) is 31.1 Å². The van der Waals surface area contributed by atoms with Crippen molar-refractivity contribution in [3.63, 3.8) is 0 Å². The van der Waals surface area contributed by atoms with E-state index in [1.165, 1.54) is 6.26 Å². The number of hydrogen-bond donors (Lipinski definition) is 1. The number of anilines is 1. The average Bonchev–Trinajstić information content (AvgIpc) is 2.78. The number of aryl methyl sites for hydroxylation is 1. The van der Waals surface area contributed by atoms with Gasteiger partial charge in [-0.1, -0.05) is 0 Å². The fraction of sp³-hybridized carbons (Fsp3) is 0.214. The summed E-state index contributed by atoms with van der Waals surface area (Å²) in [6, 6.07) is 5.81. The minimum Gasteiger partial charge on any atom is -0.486 e. The fourth-order valence-electron chi connectivity index (χ4n) is 2.17. The quantitative estimate of drug-likeness (QED) is 0.847. The van der Waals surface area contributed by atoms with E-state index in [9.17, 15) is 0 Å². The molecular weight excluding hydrogens is 244 g/mol. The van der Waals surface area contributed by atoms with Gasteiger partial charge in [-0.05, 0) is 30.2 Å². The van der Waals surface area contributed by atoms with Gasteiger partial charge in [0.15, 0.2) is 11.5 Å². The molecule has 1 aliphatic heterocycles. The van der Waals surface area contributed by atoms with E-state index in [-0.39, 0.29) is 5.88 Å². The third kappa shape index (κ3) is 1.78. The molecule has 0 saturated carbocycles. The van der Waals surface area contributed by atoms with Gasteiger partial charge in [-0.15, -0.1) is 0 Å². The zero-order valence-electron chi connectivity index (χ0n) is 10.4. The molecule has 0 radical (unpaired) electrons. The van der Waals surface area contributed by atoms with Gasteiger partial charge in [0.05, 0.1) is 0 Å². The van der Waals surface area contributed by atoms with Crippen LogP contribution >= 0.6 is 0 Å². The van der Waals surface area contributed by atoms with Crippen molar-refractivity contribution in [1.29, 1.82) is 5.26 Å². The van der Waals surface area contributed by atoms with Crippen molar-refractivity contribution in [2.24, 2.45) is 0 Å². The summed E-state index contributed by atoms with van der Waals surface area (Å²) in [5.74, 6) is 1.53. The van der Waals surface area contributed by atoms with Crippen LogP contribution in [0.2, 0.25) is 0 Å². The van der Waals surface area contributed by atoms with E-state index in [2.05, 4.69) is 6.07 Å². The number of nitriles is 1. The molecule has 0 saturated heterocycles. The number of ether oxygens (including phenoxy) is 2. The maximum absolute atomic E-state index is 9.13. The minimum absolute atomic E-state index is 0.131. The van der Waals surface area contributed by atoms with Crippen molar-refractivity contribution in [3.05, 3.63) is 29.5 Å². The Hall–Kier alpha value is -2.61. The molecule has 2 heterocycles. The molecule has 0 spiro atoms. The molecule has 96 valence electrons. The Morgan fingerprint density at radius 1 is 1.16 bits per heavy atom. The standard InChI is InChI=1S/C14H12N2O3/c1-8-4-12-13(18-3-2-17-12)5-9(8)11-7-19-14(16)10(11)6-15/h4-5,7H,2-3,16H2,1H3. The Labute approximate surface area is 110 Å². The third-order valence-corrected chi connectivity index (χ3v) is 3.11. The van der Waals surface area contributed by atoms with Crippen LogP contribution < -0.4 is 15.2 Å². The van der Waals surface area contributed by atoms with Gasteiger partial charge in [-0.25, -0.2) is 0 Å². The summed E-state index contributed by atoms with van der Waals surface area (Å²) in [5.41, 5.74) is 8.49. The molecule has 1 aromatic heterocycles. The first-order chi connectivity index (χ1) is 9.20. The van der Waals surface area contributed by atoms with Gasteiger partial charge in [-0.2, -0.15) is 5.26 Å². The lowest BCUT2D eigenvalue weighted by Gasteiger charge is -2.20. The molecule has 0 bridgehead atoms. The van der Waals surface area contributed by atoms with Crippen molar-refractivity contribution in [3.8, 4) is 28.7 Å². The number of hydrogen-bond acceptors (Lipinski definition) is 5. The molecule has 0 amide bonds. The first-order valence-corrected chi connectivity index (χ1v) is 5.88. The number of furan rings is 1. The third-order valence-electron chi connectivity index (χ3n) is 3.11. The molecule has 5 heteroatoms. The molecule has 3 rings (SSSR count). The second-order valence-electron chi connectivity index (χ2n) is 4.31. The summed E-state index contributed by atoms with van der Waals surface area (Å²) in [4.78, 5) is 0. The highest BCUT2D eigenvalue weighted by molar-refractivity contribution is 5.78. The number of fused-ring (bicyclic) bond motifs is 1. The van der Waals surface area contributed by atoms with Crippen LogP contribution in [-0.4, -0.2) is 13.2 Å². The summed E-state index contributed by atoms with van der Waals surface area (Å²) in [6.45, 7) is 3.01. The van der Waals surface area contributed by atoms with Gasteiger partial charge in [-0.3, -0.25) is 0 Å². The normalized spacial score (nSPS) is 13.1. The van der Waals surface area contributed by atoms with Gasteiger partial charge in [0.25, 0.3) is 0 Å². The van der Waals surface area contributed by atoms with Crippen LogP contribution in [0.15, 0.2) is 22.8 Å². The van der Waals surface area contributed by atoms with E-state index in [4.69, 9.17) is 24.9 Å². The Morgan fingerprint density at radius 2 is 1.84 bits per heavy atom. The molecule has 0 fully saturated rings. The Kier molecular flexibility index (Phi) is 2.57. The van der Waals surface area contributed by atoms with Gasteiger partial charge in [0.2, 0.25) is 5.88 Å². The van der Waals surface area contributed by atoms with E-state index in [1.807, 2.05) is 19.1 Å². The smallest absolute Gasteiger partial charge is 0.208 e. The fourth-order valence-corrected chi connectivity index (χ4v) is 2.17. The maximum Gasteiger partial charge on any atom is 0.208 e. The Bertz CT molecular complexity index is 683. The summed E-state index contributed by atoms with van der Waals surface area (Å²) >= 11 is 0. The van der Waals surface area contributed by atoms with Crippen molar-refractivity contribution in [1.82, 2.24) is 0 Å². The number of nitrogens with zero attached hydrogens (tertiary/aromatic N) is 1. The van der Waals surface area contributed by atoms with Crippen LogP contribution in [0.3, 0.4) is 0 Å². The van der Waals surface area contributed by atoms with Gasteiger partial charge in [0, 0.05) is 5.56 Å². The largest absolute Gasteiger partial charge is 0.486 e. The number of nitrogen functional groups attached to an aromatic ring is 1. The zero-order chi connectivity index (χ0) is 13.4. The highest BCUT2D eigenvalue weighted by Crippen LogP contribution is 2.39. The van der Waals surface area contributed by atoms with Crippen molar-refractivity contribution < 1.29 is 13.9 Å². The number of rotatable bonds is 1. The first kappa shape index (κ1) is 11.5. The average molecular weight is 256 g/mol. The number of nitrogens with two attached hydrogens (primary N) is 1. The SMILES string of the molecule is Cc1cc2c(cc1-c1coc(N)c1C#N)OCCO2. The molecule has 2 aromatic rings. The van der Waals surface area contributed by atoms with Crippen molar-refractivity contribution >= 4 is 5.88 Å².